The lowest BCUT2D eigenvalue weighted by Crippen LogP contribution is -2.28. The number of carbonyl (C=O) groups excluding carboxylic acids is 1. The van der Waals surface area contributed by atoms with Gasteiger partial charge in [-0.2, -0.15) is 8.75 Å². The van der Waals surface area contributed by atoms with Gasteiger partial charge < -0.3 is 14.6 Å². The molecule has 1 unspecified atom stereocenters. The zero-order valence-electron chi connectivity index (χ0n) is 16.8. The SMILES string of the molecule is COc1ccccc1CC1=C(c2ccc3nsnc3c2)C(=O)OC1(O)c1cc(C)cs1. The highest BCUT2D eigenvalue weighted by Crippen LogP contribution is 2.47. The molecule has 31 heavy (non-hydrogen) atoms. The van der Waals surface area contributed by atoms with Crippen LogP contribution in [0.2, 0.25) is 0 Å². The van der Waals surface area contributed by atoms with Crippen LogP contribution in [0.4, 0.5) is 0 Å². The van der Waals surface area contributed by atoms with Crippen LogP contribution in [0.5, 0.6) is 5.75 Å². The van der Waals surface area contributed by atoms with E-state index in [9.17, 15) is 9.90 Å². The van der Waals surface area contributed by atoms with Crippen molar-refractivity contribution < 1.29 is 19.4 Å². The van der Waals surface area contributed by atoms with Gasteiger partial charge in [0.15, 0.2) is 0 Å². The number of methoxy groups -OCH3 is 1. The Morgan fingerprint density at radius 2 is 1.94 bits per heavy atom. The number of nitrogens with zero attached hydrogens (tertiary/aromatic N) is 2. The molecule has 1 atom stereocenters. The van der Waals surface area contributed by atoms with Gasteiger partial charge in [-0.25, -0.2) is 4.79 Å². The van der Waals surface area contributed by atoms with Crippen molar-refractivity contribution in [3.05, 3.63) is 81.1 Å². The summed E-state index contributed by atoms with van der Waals surface area (Å²) < 4.78 is 19.7. The van der Waals surface area contributed by atoms with Crippen LogP contribution in [0.3, 0.4) is 0 Å². The Bertz CT molecular complexity index is 1340. The summed E-state index contributed by atoms with van der Waals surface area (Å²) in [7, 11) is 1.60. The van der Waals surface area contributed by atoms with E-state index >= 15 is 0 Å². The van der Waals surface area contributed by atoms with Gasteiger partial charge in [0.2, 0.25) is 0 Å². The summed E-state index contributed by atoms with van der Waals surface area (Å²) in [6.07, 6.45) is 0.284. The number of rotatable bonds is 5. The Kier molecular flexibility index (Phi) is 4.85. The van der Waals surface area contributed by atoms with E-state index in [1.54, 1.807) is 7.11 Å². The van der Waals surface area contributed by atoms with E-state index in [0.717, 1.165) is 28.4 Å². The number of hydrogen-bond donors (Lipinski definition) is 1. The van der Waals surface area contributed by atoms with E-state index in [1.165, 1.54) is 11.3 Å². The molecule has 0 amide bonds. The average Bonchev–Trinajstić information content (AvgIpc) is 3.47. The molecule has 0 aliphatic carbocycles. The molecule has 2 aromatic carbocycles. The molecule has 6 nitrogen and oxygen atoms in total. The third kappa shape index (κ3) is 3.33. The Balaban J connectivity index is 1.73. The predicted octanol–water partition coefficient (Wildman–Crippen LogP) is 4.47. The summed E-state index contributed by atoms with van der Waals surface area (Å²) in [5.41, 5.74) is 4.75. The van der Waals surface area contributed by atoms with Crippen LogP contribution in [0, 0.1) is 6.92 Å². The highest BCUT2D eigenvalue weighted by molar-refractivity contribution is 7.10. The molecule has 0 saturated carbocycles. The summed E-state index contributed by atoms with van der Waals surface area (Å²) in [6, 6.07) is 14.8. The second-order valence-electron chi connectivity index (χ2n) is 7.33. The minimum Gasteiger partial charge on any atom is -0.496 e. The van der Waals surface area contributed by atoms with Crippen LogP contribution in [0.1, 0.15) is 21.6 Å². The smallest absolute Gasteiger partial charge is 0.342 e. The number of aliphatic hydroxyl groups is 1. The van der Waals surface area contributed by atoms with Crippen LogP contribution in [0.25, 0.3) is 16.6 Å². The summed E-state index contributed by atoms with van der Waals surface area (Å²) in [6.45, 7) is 1.94. The van der Waals surface area contributed by atoms with E-state index in [1.807, 2.05) is 60.8 Å². The molecule has 0 spiro atoms. The normalized spacial score (nSPS) is 18.6. The quantitative estimate of drug-likeness (QED) is 0.452. The standard InChI is InChI=1S/C23H18N2O4S2/c1-13-9-20(30-12-13)23(27)16(10-14-5-3-4-6-19(14)28-2)21(22(26)29-23)15-7-8-17-18(11-15)25-31-24-17/h3-9,11-12,27H,10H2,1-2H3. The highest BCUT2D eigenvalue weighted by atomic mass is 32.1. The maximum absolute atomic E-state index is 13.1. The van der Waals surface area contributed by atoms with Crippen LogP contribution < -0.4 is 4.74 Å². The molecular formula is C23H18N2O4S2. The number of hydrogen-bond acceptors (Lipinski definition) is 8. The number of carbonyl (C=O) groups is 1. The molecule has 0 saturated heterocycles. The molecule has 1 aliphatic rings. The van der Waals surface area contributed by atoms with Crippen molar-refractivity contribution in [1.82, 2.24) is 8.75 Å². The maximum atomic E-state index is 13.1. The van der Waals surface area contributed by atoms with Gasteiger partial charge >= 0.3 is 5.97 Å². The number of aryl methyl sites for hydroxylation is 1. The number of esters is 1. The molecule has 0 fully saturated rings. The number of fused-ring (bicyclic) bond motifs is 1. The first-order valence-corrected chi connectivity index (χ1v) is 11.2. The van der Waals surface area contributed by atoms with E-state index in [0.29, 0.717) is 32.9 Å². The van der Waals surface area contributed by atoms with Crippen molar-refractivity contribution in [1.29, 1.82) is 0 Å². The zero-order chi connectivity index (χ0) is 21.6. The lowest BCUT2D eigenvalue weighted by Gasteiger charge is -2.24. The van der Waals surface area contributed by atoms with E-state index in [2.05, 4.69) is 8.75 Å². The Hall–Kier alpha value is -3.07. The van der Waals surface area contributed by atoms with Gasteiger partial charge in [0, 0.05) is 12.0 Å². The first kappa shape index (κ1) is 19.9. The molecule has 0 radical (unpaired) electrons. The fourth-order valence-electron chi connectivity index (χ4n) is 3.82. The Labute approximate surface area is 186 Å². The summed E-state index contributed by atoms with van der Waals surface area (Å²) in [5.74, 6) is -1.74. The first-order valence-electron chi connectivity index (χ1n) is 9.59. The van der Waals surface area contributed by atoms with Crippen LogP contribution in [-0.4, -0.2) is 26.9 Å². The van der Waals surface area contributed by atoms with Crippen molar-refractivity contribution in [2.75, 3.05) is 7.11 Å². The maximum Gasteiger partial charge on any atom is 0.342 e. The van der Waals surface area contributed by atoms with E-state index in [-0.39, 0.29) is 6.42 Å². The fraction of sp³-hybridized carbons (Fsp3) is 0.174. The van der Waals surface area contributed by atoms with Gasteiger partial charge in [-0.15, -0.1) is 11.3 Å². The third-order valence-corrected chi connectivity index (χ3v) is 7.02. The minimum atomic E-state index is -1.85. The van der Waals surface area contributed by atoms with E-state index in [4.69, 9.17) is 9.47 Å². The molecule has 0 bridgehead atoms. The van der Waals surface area contributed by atoms with Crippen molar-refractivity contribution >= 4 is 45.6 Å². The van der Waals surface area contributed by atoms with Gasteiger partial charge in [-0.3, -0.25) is 0 Å². The van der Waals surface area contributed by atoms with Crippen molar-refractivity contribution in [2.24, 2.45) is 0 Å². The van der Waals surface area contributed by atoms with Crippen molar-refractivity contribution in [3.8, 4) is 5.75 Å². The van der Waals surface area contributed by atoms with Crippen LogP contribution in [-0.2, 0) is 21.7 Å². The highest BCUT2D eigenvalue weighted by Gasteiger charge is 2.49. The van der Waals surface area contributed by atoms with Gasteiger partial charge in [0.25, 0.3) is 5.79 Å². The molecule has 1 aliphatic heterocycles. The average molecular weight is 451 g/mol. The van der Waals surface area contributed by atoms with Gasteiger partial charge in [0.05, 0.1) is 29.3 Å². The summed E-state index contributed by atoms with van der Waals surface area (Å²) in [4.78, 5) is 13.7. The molecule has 4 aromatic rings. The molecule has 1 N–H and O–H groups in total. The number of thiophene rings is 1. The number of aromatic nitrogens is 2. The van der Waals surface area contributed by atoms with Crippen molar-refractivity contribution in [3.63, 3.8) is 0 Å². The van der Waals surface area contributed by atoms with Crippen molar-refractivity contribution in [2.45, 2.75) is 19.1 Å². The predicted molar refractivity (Wildman–Crippen MR) is 120 cm³/mol. The third-order valence-electron chi connectivity index (χ3n) is 5.32. The number of benzene rings is 2. The van der Waals surface area contributed by atoms with Gasteiger partial charge in [-0.05, 0) is 53.3 Å². The van der Waals surface area contributed by atoms with Crippen LogP contribution >= 0.6 is 23.1 Å². The minimum absolute atomic E-state index is 0.284. The molecule has 2 aromatic heterocycles. The number of cyclic esters (lactones) is 1. The molecular weight excluding hydrogens is 432 g/mol. The zero-order valence-corrected chi connectivity index (χ0v) is 18.4. The summed E-state index contributed by atoms with van der Waals surface area (Å²) >= 11 is 2.48. The Morgan fingerprint density at radius 3 is 2.71 bits per heavy atom. The van der Waals surface area contributed by atoms with Gasteiger partial charge in [0.1, 0.15) is 16.8 Å². The first-order chi connectivity index (χ1) is 15.0. The lowest BCUT2D eigenvalue weighted by atomic mass is 9.90. The molecule has 5 rings (SSSR count). The molecule has 3 heterocycles. The number of ether oxygens (including phenoxy) is 2. The fourth-order valence-corrected chi connectivity index (χ4v) is 5.30. The monoisotopic (exact) mass is 450 g/mol. The van der Waals surface area contributed by atoms with E-state index < -0.39 is 11.8 Å². The van der Waals surface area contributed by atoms with Crippen LogP contribution in [0.15, 0.2) is 59.5 Å². The molecule has 8 heteroatoms. The topological polar surface area (TPSA) is 81.5 Å². The van der Waals surface area contributed by atoms with Gasteiger partial charge in [-0.1, -0.05) is 24.3 Å². The second kappa shape index (κ2) is 7.56. The largest absolute Gasteiger partial charge is 0.496 e. The molecule has 156 valence electrons. The Morgan fingerprint density at radius 1 is 1.13 bits per heavy atom. The summed E-state index contributed by atoms with van der Waals surface area (Å²) in [5, 5.41) is 13.6. The lowest BCUT2D eigenvalue weighted by molar-refractivity contribution is -0.184. The number of para-hydroxylation sites is 1. The second-order valence-corrected chi connectivity index (χ2v) is 8.77.